The molecule has 106 valence electrons. The molecule has 0 saturated heterocycles. The van der Waals surface area contributed by atoms with E-state index in [2.05, 4.69) is 26.6 Å². The monoisotopic (exact) mass is 307 g/mol. The van der Waals surface area contributed by atoms with Gasteiger partial charge in [-0.15, -0.1) is 10.2 Å². The van der Waals surface area contributed by atoms with Crippen molar-refractivity contribution in [2.45, 2.75) is 34.8 Å². The van der Waals surface area contributed by atoms with Crippen LogP contribution in [0, 0.1) is 0 Å². The Morgan fingerprint density at radius 2 is 2.25 bits per heavy atom. The Balaban J connectivity index is 1.71. The molecule has 0 amide bonds. The number of hydrogen-bond donors (Lipinski definition) is 1. The maximum Gasteiger partial charge on any atom is 0.208 e. The average molecular weight is 307 g/mol. The van der Waals surface area contributed by atoms with Crippen LogP contribution in [0.4, 0.5) is 5.13 Å². The second-order valence-corrected chi connectivity index (χ2v) is 7.16. The Bertz CT molecular complexity index is 580. The largest absolute Gasteiger partial charge is 0.353 e. The first-order valence-electron chi connectivity index (χ1n) is 6.58. The highest BCUT2D eigenvalue weighted by molar-refractivity contribution is 8.01. The number of pyridine rings is 1. The number of aromatic nitrogens is 3. The number of anilines is 1. The Morgan fingerprint density at radius 1 is 1.40 bits per heavy atom. The van der Waals surface area contributed by atoms with Crippen LogP contribution in [0.15, 0.2) is 27.7 Å². The zero-order chi connectivity index (χ0) is 13.9. The van der Waals surface area contributed by atoms with Crippen molar-refractivity contribution >= 4 is 28.2 Å². The van der Waals surface area contributed by atoms with Crippen LogP contribution in [0.5, 0.6) is 0 Å². The van der Waals surface area contributed by atoms with Gasteiger partial charge < -0.3 is 10.2 Å². The lowest BCUT2D eigenvalue weighted by atomic mass is 10.3. The predicted molar refractivity (Wildman–Crippen MR) is 82.5 cm³/mol. The van der Waals surface area contributed by atoms with Gasteiger partial charge in [0.2, 0.25) is 5.13 Å². The van der Waals surface area contributed by atoms with Gasteiger partial charge in [-0.2, -0.15) is 0 Å². The summed E-state index contributed by atoms with van der Waals surface area (Å²) in [5.41, 5.74) is 1.23. The summed E-state index contributed by atoms with van der Waals surface area (Å²) in [5, 5.41) is 13.8. The van der Waals surface area contributed by atoms with Crippen molar-refractivity contribution in [1.29, 1.82) is 0 Å². The third kappa shape index (κ3) is 3.47. The summed E-state index contributed by atoms with van der Waals surface area (Å²) in [7, 11) is 3.95. The van der Waals surface area contributed by atoms with Crippen LogP contribution in [0.2, 0.25) is 0 Å². The molecule has 0 atom stereocenters. The Morgan fingerprint density at radius 3 is 2.95 bits per heavy atom. The van der Waals surface area contributed by atoms with Crippen molar-refractivity contribution in [2.24, 2.45) is 0 Å². The van der Waals surface area contributed by atoms with Gasteiger partial charge in [-0.3, -0.25) is 0 Å². The molecule has 7 heteroatoms. The van der Waals surface area contributed by atoms with Crippen LogP contribution in [-0.4, -0.2) is 35.3 Å². The lowest BCUT2D eigenvalue weighted by Crippen LogP contribution is -2.16. The van der Waals surface area contributed by atoms with Gasteiger partial charge in [-0.05, 0) is 36.2 Å². The number of nitrogens with one attached hydrogen (secondary N) is 1. The van der Waals surface area contributed by atoms with Gasteiger partial charge in [0.25, 0.3) is 0 Å². The van der Waals surface area contributed by atoms with Crippen molar-refractivity contribution in [2.75, 3.05) is 19.0 Å². The molecule has 2 aromatic rings. The SMILES string of the molecule is CN(C)c1nnc(Sc2ncccc2CNC2CC2)s1. The minimum Gasteiger partial charge on any atom is -0.353 e. The zero-order valence-electron chi connectivity index (χ0n) is 11.5. The molecule has 0 bridgehead atoms. The van der Waals surface area contributed by atoms with E-state index in [4.69, 9.17) is 0 Å². The molecule has 2 aromatic heterocycles. The molecule has 3 rings (SSSR count). The van der Waals surface area contributed by atoms with Gasteiger partial charge in [0.1, 0.15) is 5.03 Å². The second kappa shape index (κ2) is 6.07. The van der Waals surface area contributed by atoms with Crippen molar-refractivity contribution in [3.8, 4) is 0 Å². The smallest absolute Gasteiger partial charge is 0.208 e. The third-order valence-corrected chi connectivity index (χ3v) is 5.17. The van der Waals surface area contributed by atoms with E-state index in [1.165, 1.54) is 18.4 Å². The van der Waals surface area contributed by atoms with E-state index in [1.807, 2.05) is 31.3 Å². The number of nitrogens with zero attached hydrogens (tertiary/aromatic N) is 4. The van der Waals surface area contributed by atoms with Gasteiger partial charge in [0.05, 0.1) is 0 Å². The molecule has 0 unspecified atom stereocenters. The lowest BCUT2D eigenvalue weighted by molar-refractivity contribution is 0.675. The summed E-state index contributed by atoms with van der Waals surface area (Å²) in [4.78, 5) is 6.44. The summed E-state index contributed by atoms with van der Waals surface area (Å²) in [5.74, 6) is 0. The zero-order valence-corrected chi connectivity index (χ0v) is 13.2. The molecule has 1 aliphatic carbocycles. The van der Waals surface area contributed by atoms with E-state index in [1.54, 1.807) is 23.1 Å². The first-order valence-corrected chi connectivity index (χ1v) is 8.21. The molecule has 1 N–H and O–H groups in total. The van der Waals surface area contributed by atoms with E-state index >= 15 is 0 Å². The molecule has 1 aliphatic rings. The first kappa shape index (κ1) is 13.8. The Labute approximate surface area is 126 Å². The van der Waals surface area contributed by atoms with Crippen LogP contribution in [-0.2, 0) is 6.54 Å². The van der Waals surface area contributed by atoms with Gasteiger partial charge in [-0.1, -0.05) is 17.4 Å². The predicted octanol–water partition coefficient (Wildman–Crippen LogP) is 2.40. The third-order valence-electron chi connectivity index (χ3n) is 2.97. The van der Waals surface area contributed by atoms with E-state index in [9.17, 15) is 0 Å². The fourth-order valence-corrected chi connectivity index (χ4v) is 3.46. The molecule has 0 aliphatic heterocycles. The maximum absolute atomic E-state index is 4.47. The molecule has 1 saturated carbocycles. The van der Waals surface area contributed by atoms with Crippen LogP contribution in [0.3, 0.4) is 0 Å². The molecule has 1 fully saturated rings. The van der Waals surface area contributed by atoms with E-state index in [-0.39, 0.29) is 0 Å². The molecule has 2 heterocycles. The Hall–Kier alpha value is -1.18. The highest BCUT2D eigenvalue weighted by Gasteiger charge is 2.21. The number of hydrogen-bond acceptors (Lipinski definition) is 7. The molecule has 5 nitrogen and oxygen atoms in total. The van der Waals surface area contributed by atoms with Gasteiger partial charge in [0.15, 0.2) is 4.34 Å². The van der Waals surface area contributed by atoms with E-state index in [0.717, 1.165) is 21.0 Å². The van der Waals surface area contributed by atoms with E-state index < -0.39 is 0 Å². The van der Waals surface area contributed by atoms with Crippen LogP contribution in [0.25, 0.3) is 0 Å². The molecule has 0 aromatic carbocycles. The van der Waals surface area contributed by atoms with Crippen molar-refractivity contribution in [3.05, 3.63) is 23.9 Å². The highest BCUT2D eigenvalue weighted by atomic mass is 32.2. The standard InChI is InChI=1S/C13H17N5S2/c1-18(2)12-16-17-13(20-12)19-11-9(4-3-7-14-11)8-15-10-5-6-10/h3-4,7,10,15H,5-6,8H2,1-2H3. The van der Waals surface area contributed by atoms with Gasteiger partial charge in [-0.25, -0.2) is 4.98 Å². The minimum atomic E-state index is 0.704. The van der Waals surface area contributed by atoms with Gasteiger partial charge >= 0.3 is 0 Å². The minimum absolute atomic E-state index is 0.704. The molecule has 0 spiro atoms. The van der Waals surface area contributed by atoms with Crippen molar-refractivity contribution in [1.82, 2.24) is 20.5 Å². The summed E-state index contributed by atoms with van der Waals surface area (Å²) in [6.07, 6.45) is 4.42. The fourth-order valence-electron chi connectivity index (χ4n) is 1.70. The normalized spacial score (nSPS) is 14.5. The summed E-state index contributed by atoms with van der Waals surface area (Å²) in [6.45, 7) is 0.875. The van der Waals surface area contributed by atoms with Gasteiger partial charge in [0, 0.05) is 32.9 Å². The fraction of sp³-hybridized carbons (Fsp3) is 0.462. The molecule has 20 heavy (non-hydrogen) atoms. The Kier molecular flexibility index (Phi) is 4.18. The van der Waals surface area contributed by atoms with Crippen molar-refractivity contribution in [3.63, 3.8) is 0 Å². The molecular formula is C13H17N5S2. The van der Waals surface area contributed by atoms with E-state index in [0.29, 0.717) is 6.04 Å². The summed E-state index contributed by atoms with van der Waals surface area (Å²) < 4.78 is 0.931. The topological polar surface area (TPSA) is 53.9 Å². The quantitative estimate of drug-likeness (QED) is 0.884. The summed E-state index contributed by atoms with van der Waals surface area (Å²) in [6, 6.07) is 4.81. The second-order valence-electron chi connectivity index (χ2n) is 4.97. The molecular weight excluding hydrogens is 290 g/mol. The lowest BCUT2D eigenvalue weighted by Gasteiger charge is -2.07. The molecule has 0 radical (unpaired) electrons. The van der Waals surface area contributed by atoms with Crippen LogP contribution < -0.4 is 10.2 Å². The summed E-state index contributed by atoms with van der Waals surface area (Å²) >= 11 is 3.18. The van der Waals surface area contributed by atoms with Crippen LogP contribution >= 0.6 is 23.1 Å². The maximum atomic E-state index is 4.47. The van der Waals surface area contributed by atoms with Crippen LogP contribution in [0.1, 0.15) is 18.4 Å². The number of rotatable bonds is 6. The first-order chi connectivity index (χ1) is 9.72. The highest BCUT2D eigenvalue weighted by Crippen LogP contribution is 2.33. The van der Waals surface area contributed by atoms with Crippen molar-refractivity contribution < 1.29 is 0 Å². The average Bonchev–Trinajstić information content (AvgIpc) is 3.15.